The van der Waals surface area contributed by atoms with Crippen molar-refractivity contribution in [2.75, 3.05) is 0 Å². The van der Waals surface area contributed by atoms with Gasteiger partial charge < -0.3 is 0 Å². The van der Waals surface area contributed by atoms with Gasteiger partial charge in [0.2, 0.25) is 0 Å². The van der Waals surface area contributed by atoms with E-state index >= 15 is 0 Å². The van der Waals surface area contributed by atoms with E-state index < -0.39 is 0 Å². The fourth-order valence-corrected chi connectivity index (χ4v) is 3.46. The summed E-state index contributed by atoms with van der Waals surface area (Å²) in [5.74, 6) is 0. The summed E-state index contributed by atoms with van der Waals surface area (Å²) in [5.41, 5.74) is 5.99. The highest BCUT2D eigenvalue weighted by Crippen LogP contribution is 2.33. The summed E-state index contributed by atoms with van der Waals surface area (Å²) in [4.78, 5) is 5.69. The van der Waals surface area contributed by atoms with Gasteiger partial charge in [-0.25, -0.2) is 4.98 Å². The van der Waals surface area contributed by atoms with E-state index in [1.165, 1.54) is 22.3 Å². The lowest BCUT2D eigenvalue weighted by Gasteiger charge is -2.08. The molecule has 1 aromatic carbocycles. The second-order valence-electron chi connectivity index (χ2n) is 4.64. The van der Waals surface area contributed by atoms with E-state index in [9.17, 15) is 0 Å². The molecule has 0 spiro atoms. The molecule has 0 radical (unpaired) electrons. The van der Waals surface area contributed by atoms with E-state index in [1.807, 2.05) is 6.92 Å². The van der Waals surface area contributed by atoms with Crippen molar-refractivity contribution >= 4 is 11.3 Å². The van der Waals surface area contributed by atoms with Gasteiger partial charge in [0.15, 0.2) is 0 Å². The van der Waals surface area contributed by atoms with Crippen molar-refractivity contribution in [3.63, 3.8) is 0 Å². The fourth-order valence-electron chi connectivity index (χ4n) is 2.29. The average molecular weight is 256 g/mol. The van der Waals surface area contributed by atoms with Crippen molar-refractivity contribution in [3.05, 3.63) is 39.4 Å². The number of nitriles is 1. The van der Waals surface area contributed by atoms with Crippen molar-refractivity contribution in [2.45, 2.75) is 34.1 Å². The van der Waals surface area contributed by atoms with Crippen LogP contribution in [0.1, 0.15) is 27.3 Å². The van der Waals surface area contributed by atoms with E-state index in [2.05, 4.69) is 44.0 Å². The van der Waals surface area contributed by atoms with E-state index in [4.69, 9.17) is 5.26 Å². The normalized spacial score (nSPS) is 10.4. The molecule has 0 aliphatic heterocycles. The monoisotopic (exact) mass is 256 g/mol. The molecule has 1 aromatic heterocycles. The molecule has 0 fully saturated rings. The lowest BCUT2D eigenvalue weighted by molar-refractivity contribution is 1.18. The molecule has 0 bridgehead atoms. The molecular weight excluding hydrogens is 240 g/mol. The Morgan fingerprint density at radius 3 is 2.33 bits per heavy atom. The average Bonchev–Trinajstić information content (AvgIpc) is 2.59. The van der Waals surface area contributed by atoms with Gasteiger partial charge >= 0.3 is 0 Å². The molecule has 0 unspecified atom stereocenters. The number of aryl methyl sites for hydroxylation is 4. The van der Waals surface area contributed by atoms with E-state index in [1.54, 1.807) is 11.3 Å². The molecule has 0 N–H and O–H groups in total. The lowest BCUT2D eigenvalue weighted by atomic mass is 10.0. The minimum Gasteiger partial charge on any atom is -0.241 e. The Kier molecular flexibility index (Phi) is 3.49. The van der Waals surface area contributed by atoms with Gasteiger partial charge in [-0.3, -0.25) is 0 Å². The minimum atomic E-state index is 0.452. The Labute approximate surface area is 112 Å². The van der Waals surface area contributed by atoms with Gasteiger partial charge in [-0.05, 0) is 38.8 Å². The highest BCUT2D eigenvalue weighted by Gasteiger charge is 2.13. The Morgan fingerprint density at radius 1 is 1.17 bits per heavy atom. The van der Waals surface area contributed by atoms with Gasteiger partial charge in [-0.15, -0.1) is 11.3 Å². The third-order valence-corrected chi connectivity index (χ3v) is 4.20. The molecule has 1 heterocycles. The molecule has 0 aliphatic rings. The molecule has 2 rings (SSSR count). The zero-order chi connectivity index (χ0) is 13.3. The summed E-state index contributed by atoms with van der Waals surface area (Å²) in [5, 5.41) is 9.83. The van der Waals surface area contributed by atoms with Crippen LogP contribution in [0.2, 0.25) is 0 Å². The van der Waals surface area contributed by atoms with Crippen LogP contribution in [0.15, 0.2) is 12.1 Å². The summed E-state index contributed by atoms with van der Waals surface area (Å²) in [6.45, 7) is 8.33. The van der Waals surface area contributed by atoms with Crippen LogP contribution in [0.25, 0.3) is 10.6 Å². The molecule has 2 nitrogen and oxygen atoms in total. The van der Waals surface area contributed by atoms with Crippen LogP contribution in [0.5, 0.6) is 0 Å². The highest BCUT2D eigenvalue weighted by atomic mass is 32.1. The third-order valence-electron chi connectivity index (χ3n) is 3.02. The quantitative estimate of drug-likeness (QED) is 0.810. The summed E-state index contributed by atoms with van der Waals surface area (Å²) in [6, 6.07) is 6.57. The topological polar surface area (TPSA) is 36.7 Å². The van der Waals surface area contributed by atoms with Gasteiger partial charge in [0.25, 0.3) is 0 Å². The number of rotatable bonds is 2. The van der Waals surface area contributed by atoms with Crippen LogP contribution in [0.4, 0.5) is 0 Å². The van der Waals surface area contributed by atoms with Crippen LogP contribution < -0.4 is 0 Å². The lowest BCUT2D eigenvalue weighted by Crippen LogP contribution is -1.89. The molecule has 92 valence electrons. The summed E-state index contributed by atoms with van der Waals surface area (Å²) in [7, 11) is 0. The number of hydrogen-bond acceptors (Lipinski definition) is 3. The number of benzene rings is 1. The minimum absolute atomic E-state index is 0.452. The third kappa shape index (κ3) is 2.30. The number of aromatic nitrogens is 1. The van der Waals surface area contributed by atoms with Crippen LogP contribution in [-0.2, 0) is 6.42 Å². The Bertz CT molecular complexity index is 609. The smallest absolute Gasteiger partial charge is 0.124 e. The SMILES string of the molecule is Cc1cc(C)c(-c2nc(C)c(CC#N)s2)c(C)c1. The molecule has 3 heteroatoms. The van der Waals surface area contributed by atoms with Crippen molar-refractivity contribution in [1.82, 2.24) is 4.98 Å². The summed E-state index contributed by atoms with van der Waals surface area (Å²) >= 11 is 1.64. The second-order valence-corrected chi connectivity index (χ2v) is 5.72. The van der Waals surface area contributed by atoms with Crippen LogP contribution in [-0.4, -0.2) is 4.98 Å². The second kappa shape index (κ2) is 4.91. The maximum absolute atomic E-state index is 8.80. The molecular formula is C15H16N2S. The van der Waals surface area contributed by atoms with Crippen LogP contribution >= 0.6 is 11.3 Å². The summed E-state index contributed by atoms with van der Waals surface area (Å²) < 4.78 is 0. The van der Waals surface area contributed by atoms with Crippen molar-refractivity contribution in [2.24, 2.45) is 0 Å². The highest BCUT2D eigenvalue weighted by molar-refractivity contribution is 7.15. The maximum atomic E-state index is 8.80. The van der Waals surface area contributed by atoms with E-state index in [0.717, 1.165) is 15.6 Å². The van der Waals surface area contributed by atoms with Crippen molar-refractivity contribution in [1.29, 1.82) is 5.26 Å². The van der Waals surface area contributed by atoms with E-state index in [0.29, 0.717) is 6.42 Å². The molecule has 0 amide bonds. The first-order chi connectivity index (χ1) is 8.52. The summed E-state index contributed by atoms with van der Waals surface area (Å²) in [6.07, 6.45) is 0.452. The van der Waals surface area contributed by atoms with Crippen LogP contribution in [0.3, 0.4) is 0 Å². The first-order valence-electron chi connectivity index (χ1n) is 5.94. The standard InChI is InChI=1S/C15H16N2S/c1-9-7-10(2)14(11(3)8-9)15-17-12(4)13(18-15)5-6-16/h7-8H,5H2,1-4H3. The van der Waals surface area contributed by atoms with Crippen LogP contribution in [0, 0.1) is 39.0 Å². The largest absolute Gasteiger partial charge is 0.241 e. The molecule has 18 heavy (non-hydrogen) atoms. The molecule has 2 aromatic rings. The van der Waals surface area contributed by atoms with Crippen molar-refractivity contribution < 1.29 is 0 Å². The molecule has 0 saturated carbocycles. The number of nitrogens with zero attached hydrogens (tertiary/aromatic N) is 2. The Hall–Kier alpha value is -1.66. The van der Waals surface area contributed by atoms with Gasteiger partial charge in [0.05, 0.1) is 18.2 Å². The van der Waals surface area contributed by atoms with E-state index in [-0.39, 0.29) is 0 Å². The van der Waals surface area contributed by atoms with Gasteiger partial charge in [-0.2, -0.15) is 5.26 Å². The van der Waals surface area contributed by atoms with Gasteiger partial charge in [0, 0.05) is 10.4 Å². The fraction of sp³-hybridized carbons (Fsp3) is 0.333. The predicted octanol–water partition coefficient (Wildman–Crippen LogP) is 4.11. The Morgan fingerprint density at radius 2 is 1.78 bits per heavy atom. The number of thiazole rings is 1. The van der Waals surface area contributed by atoms with Gasteiger partial charge in [-0.1, -0.05) is 17.7 Å². The first-order valence-corrected chi connectivity index (χ1v) is 6.76. The van der Waals surface area contributed by atoms with Gasteiger partial charge in [0.1, 0.15) is 5.01 Å². The van der Waals surface area contributed by atoms with Crippen molar-refractivity contribution in [3.8, 4) is 16.6 Å². The first kappa shape index (κ1) is 12.8. The zero-order valence-electron chi connectivity index (χ0n) is 11.2. The Balaban J connectivity index is 2.56. The number of hydrogen-bond donors (Lipinski definition) is 0. The maximum Gasteiger partial charge on any atom is 0.124 e. The zero-order valence-corrected chi connectivity index (χ0v) is 12.0. The molecule has 0 saturated heterocycles. The molecule has 0 aliphatic carbocycles. The predicted molar refractivity (Wildman–Crippen MR) is 75.8 cm³/mol. The molecule has 0 atom stereocenters.